The zero-order valence-electron chi connectivity index (χ0n) is 11.7. The topological polar surface area (TPSA) is 15.3 Å². The molecule has 2 fully saturated rings. The van der Waals surface area contributed by atoms with Gasteiger partial charge in [0.2, 0.25) is 0 Å². The predicted molar refractivity (Wildman–Crippen MR) is 76.9 cm³/mol. The Morgan fingerprint density at radius 2 is 2.11 bits per heavy atom. The Morgan fingerprint density at radius 3 is 2.84 bits per heavy atom. The molecule has 1 saturated heterocycles. The van der Waals surface area contributed by atoms with Gasteiger partial charge in [0.05, 0.1) is 5.69 Å². The summed E-state index contributed by atoms with van der Waals surface area (Å²) in [6.07, 6.45) is 6.15. The fourth-order valence-corrected chi connectivity index (χ4v) is 3.00. The molecule has 2 aliphatic rings. The van der Waals surface area contributed by atoms with Crippen molar-refractivity contribution in [3.8, 4) is 0 Å². The molecular formula is C16H23FN2. The molecule has 1 aliphatic carbocycles. The molecule has 1 aromatic rings. The second-order valence-electron chi connectivity index (χ2n) is 5.94. The third kappa shape index (κ3) is 2.92. The third-order valence-electron chi connectivity index (χ3n) is 4.32. The molecule has 1 unspecified atom stereocenters. The minimum atomic E-state index is -0.0659. The van der Waals surface area contributed by atoms with Crippen LogP contribution in [0.1, 0.15) is 44.6 Å². The van der Waals surface area contributed by atoms with Crippen LogP contribution in [0.25, 0.3) is 0 Å². The van der Waals surface area contributed by atoms with Crippen LogP contribution in [-0.4, -0.2) is 18.6 Å². The molecule has 3 heteroatoms. The maximum atomic E-state index is 14.3. The van der Waals surface area contributed by atoms with Crippen molar-refractivity contribution in [2.75, 3.05) is 11.4 Å². The van der Waals surface area contributed by atoms with Gasteiger partial charge in [0, 0.05) is 25.2 Å². The van der Waals surface area contributed by atoms with Gasteiger partial charge in [-0.3, -0.25) is 0 Å². The SMILES string of the molecule is CC1CCCCN1c1c(F)cccc1CNC1CC1. The van der Waals surface area contributed by atoms with Gasteiger partial charge in [-0.15, -0.1) is 0 Å². The number of benzene rings is 1. The van der Waals surface area contributed by atoms with E-state index in [-0.39, 0.29) is 5.82 Å². The van der Waals surface area contributed by atoms with Crippen LogP contribution in [0.15, 0.2) is 18.2 Å². The summed E-state index contributed by atoms with van der Waals surface area (Å²) >= 11 is 0. The van der Waals surface area contributed by atoms with Crippen LogP contribution in [0.4, 0.5) is 10.1 Å². The van der Waals surface area contributed by atoms with E-state index in [1.54, 1.807) is 6.07 Å². The summed E-state index contributed by atoms with van der Waals surface area (Å²) in [4.78, 5) is 2.27. The lowest BCUT2D eigenvalue weighted by Crippen LogP contribution is -2.39. The molecule has 0 amide bonds. The van der Waals surface area contributed by atoms with Crippen molar-refractivity contribution in [1.82, 2.24) is 5.32 Å². The molecule has 1 aromatic carbocycles. The summed E-state index contributed by atoms with van der Waals surface area (Å²) < 4.78 is 14.3. The molecule has 1 N–H and O–H groups in total. The maximum Gasteiger partial charge on any atom is 0.146 e. The average Bonchev–Trinajstić information content (AvgIpc) is 3.22. The number of hydrogen-bond donors (Lipinski definition) is 1. The quantitative estimate of drug-likeness (QED) is 0.894. The summed E-state index contributed by atoms with van der Waals surface area (Å²) in [7, 11) is 0. The van der Waals surface area contributed by atoms with Gasteiger partial charge >= 0.3 is 0 Å². The Balaban J connectivity index is 1.83. The maximum absolute atomic E-state index is 14.3. The van der Waals surface area contributed by atoms with Gasteiger partial charge in [0.25, 0.3) is 0 Å². The first-order valence-electron chi connectivity index (χ1n) is 7.53. The van der Waals surface area contributed by atoms with E-state index in [1.165, 1.54) is 32.1 Å². The van der Waals surface area contributed by atoms with E-state index in [4.69, 9.17) is 0 Å². The van der Waals surface area contributed by atoms with Crippen LogP contribution < -0.4 is 10.2 Å². The number of hydrogen-bond acceptors (Lipinski definition) is 2. The van der Waals surface area contributed by atoms with Crippen molar-refractivity contribution in [1.29, 1.82) is 0 Å². The Hall–Kier alpha value is -1.09. The standard InChI is InChI=1S/C16H23FN2/c1-12-5-2-3-10-19(12)16-13(6-4-7-15(16)17)11-18-14-8-9-14/h4,6-7,12,14,18H,2-3,5,8-11H2,1H3. The van der Waals surface area contributed by atoms with Crippen molar-refractivity contribution < 1.29 is 4.39 Å². The van der Waals surface area contributed by atoms with E-state index < -0.39 is 0 Å². The van der Waals surface area contributed by atoms with Gasteiger partial charge in [-0.25, -0.2) is 4.39 Å². The van der Waals surface area contributed by atoms with Gasteiger partial charge in [0.15, 0.2) is 0 Å². The lowest BCUT2D eigenvalue weighted by molar-refractivity contribution is 0.473. The highest BCUT2D eigenvalue weighted by Gasteiger charge is 2.25. The zero-order chi connectivity index (χ0) is 13.2. The van der Waals surface area contributed by atoms with Crippen LogP contribution in [0, 0.1) is 5.82 Å². The van der Waals surface area contributed by atoms with Crippen LogP contribution in [0.5, 0.6) is 0 Å². The molecule has 0 bridgehead atoms. The molecule has 1 aliphatic heterocycles. The molecule has 0 aromatic heterocycles. The molecule has 2 nitrogen and oxygen atoms in total. The number of anilines is 1. The van der Waals surface area contributed by atoms with Gasteiger partial charge in [-0.1, -0.05) is 12.1 Å². The molecular weight excluding hydrogens is 239 g/mol. The monoisotopic (exact) mass is 262 g/mol. The molecule has 19 heavy (non-hydrogen) atoms. The lowest BCUT2D eigenvalue weighted by atomic mass is 10.0. The molecule has 1 saturated carbocycles. The second kappa shape index (κ2) is 5.49. The molecule has 104 valence electrons. The zero-order valence-corrected chi connectivity index (χ0v) is 11.7. The fraction of sp³-hybridized carbons (Fsp3) is 0.625. The third-order valence-corrected chi connectivity index (χ3v) is 4.32. The molecule has 0 spiro atoms. The van der Waals surface area contributed by atoms with Crippen molar-refractivity contribution in [2.24, 2.45) is 0 Å². The number of rotatable bonds is 4. The first-order valence-corrected chi connectivity index (χ1v) is 7.53. The van der Waals surface area contributed by atoms with Gasteiger partial charge in [-0.2, -0.15) is 0 Å². The Morgan fingerprint density at radius 1 is 1.26 bits per heavy atom. The van der Waals surface area contributed by atoms with E-state index in [2.05, 4.69) is 23.2 Å². The molecule has 1 atom stereocenters. The van der Waals surface area contributed by atoms with Crippen LogP contribution in [0.2, 0.25) is 0 Å². The highest BCUT2D eigenvalue weighted by molar-refractivity contribution is 5.56. The Labute approximate surface area is 115 Å². The summed E-state index contributed by atoms with van der Waals surface area (Å²) in [5.41, 5.74) is 1.95. The van der Waals surface area contributed by atoms with Crippen molar-refractivity contribution >= 4 is 5.69 Å². The van der Waals surface area contributed by atoms with E-state index in [0.717, 1.165) is 24.3 Å². The minimum Gasteiger partial charge on any atom is -0.366 e. The normalized spacial score (nSPS) is 23.7. The highest BCUT2D eigenvalue weighted by atomic mass is 19.1. The number of halogens is 1. The average molecular weight is 262 g/mol. The number of para-hydroxylation sites is 1. The first kappa shape index (κ1) is 12.9. The Kier molecular flexibility index (Phi) is 3.74. The predicted octanol–water partition coefficient (Wildman–Crippen LogP) is 3.46. The van der Waals surface area contributed by atoms with Gasteiger partial charge in [0.1, 0.15) is 5.82 Å². The summed E-state index contributed by atoms with van der Waals surface area (Å²) in [5.74, 6) is -0.0659. The molecule has 1 heterocycles. The summed E-state index contributed by atoms with van der Waals surface area (Å²) in [6.45, 7) is 3.99. The summed E-state index contributed by atoms with van der Waals surface area (Å²) in [6, 6.07) is 6.60. The smallest absolute Gasteiger partial charge is 0.146 e. The van der Waals surface area contributed by atoms with E-state index in [9.17, 15) is 4.39 Å². The fourth-order valence-electron chi connectivity index (χ4n) is 3.00. The van der Waals surface area contributed by atoms with Gasteiger partial charge < -0.3 is 10.2 Å². The second-order valence-corrected chi connectivity index (χ2v) is 5.94. The van der Waals surface area contributed by atoms with Crippen LogP contribution in [-0.2, 0) is 6.54 Å². The lowest BCUT2D eigenvalue weighted by Gasteiger charge is -2.37. The summed E-state index contributed by atoms with van der Waals surface area (Å²) in [5, 5.41) is 3.50. The van der Waals surface area contributed by atoms with E-state index in [1.807, 2.05) is 6.07 Å². The largest absolute Gasteiger partial charge is 0.366 e. The van der Waals surface area contributed by atoms with Gasteiger partial charge in [-0.05, 0) is 50.7 Å². The van der Waals surface area contributed by atoms with Crippen molar-refractivity contribution in [3.63, 3.8) is 0 Å². The van der Waals surface area contributed by atoms with Crippen molar-refractivity contribution in [3.05, 3.63) is 29.6 Å². The van der Waals surface area contributed by atoms with Crippen molar-refractivity contribution in [2.45, 2.75) is 57.7 Å². The number of nitrogens with zero attached hydrogens (tertiary/aromatic N) is 1. The first-order chi connectivity index (χ1) is 9.25. The van der Waals surface area contributed by atoms with E-state index in [0.29, 0.717) is 12.1 Å². The highest BCUT2D eigenvalue weighted by Crippen LogP contribution is 2.31. The molecule has 3 rings (SSSR count). The number of nitrogens with one attached hydrogen (secondary N) is 1. The van der Waals surface area contributed by atoms with Crippen LogP contribution >= 0.6 is 0 Å². The van der Waals surface area contributed by atoms with Crippen LogP contribution in [0.3, 0.4) is 0 Å². The number of piperidine rings is 1. The Bertz CT molecular complexity index is 442. The minimum absolute atomic E-state index is 0.0659. The van der Waals surface area contributed by atoms with E-state index >= 15 is 0 Å². The molecule has 0 radical (unpaired) electrons.